The van der Waals surface area contributed by atoms with E-state index in [-0.39, 0.29) is 18.3 Å². The third-order valence-electron chi connectivity index (χ3n) is 4.53. The van der Waals surface area contributed by atoms with Gasteiger partial charge in [-0.05, 0) is 19.3 Å². The standard InChI is InChI=1S/C16H26N4O2.ClH/c21-16(15-13-11-17-9-7-14(13)19-20-15)18-8-4-10-22-12-5-2-1-3-6-12;/h12,17H,1-11H2,(H,18,21)(H,19,20);1H. The quantitative estimate of drug-likeness (QED) is 0.690. The van der Waals surface area contributed by atoms with Crippen LogP contribution in [0.1, 0.15) is 60.3 Å². The Bertz CT molecular complexity index is 500. The van der Waals surface area contributed by atoms with Crippen molar-refractivity contribution in [2.75, 3.05) is 19.7 Å². The monoisotopic (exact) mass is 342 g/mol. The van der Waals surface area contributed by atoms with Gasteiger partial charge in [-0.25, -0.2) is 0 Å². The van der Waals surface area contributed by atoms with Crippen LogP contribution in [0.15, 0.2) is 0 Å². The molecule has 0 bridgehead atoms. The molecule has 1 amide bonds. The Balaban J connectivity index is 0.00000192. The van der Waals surface area contributed by atoms with E-state index in [9.17, 15) is 4.79 Å². The van der Waals surface area contributed by atoms with Gasteiger partial charge in [0.05, 0.1) is 6.10 Å². The summed E-state index contributed by atoms with van der Waals surface area (Å²) in [6.45, 7) is 3.03. The molecule has 2 aliphatic rings. The predicted octanol–water partition coefficient (Wildman–Crippen LogP) is 1.95. The first-order chi connectivity index (χ1) is 10.8. The Morgan fingerprint density at radius 3 is 2.96 bits per heavy atom. The van der Waals surface area contributed by atoms with Crippen LogP contribution in [-0.2, 0) is 17.7 Å². The van der Waals surface area contributed by atoms with E-state index >= 15 is 0 Å². The Labute approximate surface area is 143 Å². The van der Waals surface area contributed by atoms with E-state index in [2.05, 4.69) is 20.8 Å². The van der Waals surface area contributed by atoms with E-state index in [0.717, 1.165) is 43.8 Å². The summed E-state index contributed by atoms with van der Waals surface area (Å²) in [7, 11) is 0. The van der Waals surface area contributed by atoms with Crippen LogP contribution in [0.4, 0.5) is 0 Å². The molecule has 1 aromatic heterocycles. The summed E-state index contributed by atoms with van der Waals surface area (Å²) in [5.74, 6) is -0.0844. The fraction of sp³-hybridized carbons (Fsp3) is 0.750. The molecule has 0 aromatic carbocycles. The number of nitrogens with one attached hydrogen (secondary N) is 3. The minimum absolute atomic E-state index is 0. The number of rotatable bonds is 6. The van der Waals surface area contributed by atoms with Crippen molar-refractivity contribution < 1.29 is 9.53 Å². The lowest BCUT2D eigenvalue weighted by molar-refractivity contribution is 0.0273. The normalized spacial score (nSPS) is 18.1. The Morgan fingerprint density at radius 2 is 2.13 bits per heavy atom. The summed E-state index contributed by atoms with van der Waals surface area (Å²) >= 11 is 0. The molecule has 7 heteroatoms. The fourth-order valence-electron chi connectivity index (χ4n) is 3.25. The van der Waals surface area contributed by atoms with E-state index in [1.807, 2.05) is 0 Å². The number of fused-ring (bicyclic) bond motifs is 1. The molecule has 6 nitrogen and oxygen atoms in total. The van der Waals surface area contributed by atoms with Crippen LogP contribution < -0.4 is 10.6 Å². The summed E-state index contributed by atoms with van der Waals surface area (Å²) in [6.07, 6.45) is 8.52. The molecular weight excluding hydrogens is 316 g/mol. The molecule has 2 heterocycles. The lowest BCUT2D eigenvalue weighted by atomic mass is 9.98. The van der Waals surface area contributed by atoms with Crippen molar-refractivity contribution in [3.8, 4) is 0 Å². The van der Waals surface area contributed by atoms with Crippen LogP contribution in [0, 0.1) is 0 Å². The van der Waals surface area contributed by atoms with Crippen molar-refractivity contribution in [2.45, 2.75) is 57.6 Å². The fourth-order valence-corrected chi connectivity index (χ4v) is 3.25. The van der Waals surface area contributed by atoms with Crippen LogP contribution >= 0.6 is 12.4 Å². The summed E-state index contributed by atoms with van der Waals surface area (Å²) in [4.78, 5) is 12.2. The SMILES string of the molecule is Cl.O=C(NCCCOC1CCCCC1)c1n[nH]c2c1CNCC2. The molecule has 1 fully saturated rings. The Hall–Kier alpha value is -1.11. The number of nitrogens with zero attached hydrogens (tertiary/aromatic N) is 1. The second kappa shape index (κ2) is 9.25. The number of hydrogen-bond acceptors (Lipinski definition) is 4. The second-order valence-electron chi connectivity index (χ2n) is 6.20. The van der Waals surface area contributed by atoms with Crippen molar-refractivity contribution in [3.05, 3.63) is 17.0 Å². The zero-order chi connectivity index (χ0) is 15.2. The van der Waals surface area contributed by atoms with Gasteiger partial charge in [0.2, 0.25) is 0 Å². The Kier molecular flexibility index (Phi) is 7.33. The van der Waals surface area contributed by atoms with Gasteiger partial charge in [0, 0.05) is 43.9 Å². The van der Waals surface area contributed by atoms with Gasteiger partial charge in [0.1, 0.15) is 0 Å². The molecule has 3 N–H and O–H groups in total. The van der Waals surface area contributed by atoms with Crippen molar-refractivity contribution in [3.63, 3.8) is 0 Å². The molecule has 0 spiro atoms. The minimum atomic E-state index is -0.0844. The van der Waals surface area contributed by atoms with E-state index in [1.54, 1.807) is 0 Å². The molecule has 1 aliphatic carbocycles. The molecule has 23 heavy (non-hydrogen) atoms. The highest BCUT2D eigenvalue weighted by Crippen LogP contribution is 2.20. The number of aromatic amines is 1. The molecule has 0 unspecified atom stereocenters. The van der Waals surface area contributed by atoms with Gasteiger partial charge < -0.3 is 15.4 Å². The van der Waals surface area contributed by atoms with Crippen LogP contribution in [0.25, 0.3) is 0 Å². The maximum Gasteiger partial charge on any atom is 0.272 e. The van der Waals surface area contributed by atoms with Crippen molar-refractivity contribution in [1.82, 2.24) is 20.8 Å². The van der Waals surface area contributed by atoms with E-state index < -0.39 is 0 Å². The zero-order valence-electron chi connectivity index (χ0n) is 13.5. The first kappa shape index (κ1) is 18.2. The molecule has 1 aliphatic heterocycles. The molecule has 130 valence electrons. The number of carbonyl (C=O) groups is 1. The van der Waals surface area contributed by atoms with Crippen molar-refractivity contribution in [2.24, 2.45) is 0 Å². The molecule has 0 atom stereocenters. The average Bonchev–Trinajstić information content (AvgIpc) is 2.99. The van der Waals surface area contributed by atoms with Gasteiger partial charge in [0.25, 0.3) is 5.91 Å². The number of aromatic nitrogens is 2. The number of hydrogen-bond donors (Lipinski definition) is 3. The maximum absolute atomic E-state index is 12.2. The van der Waals surface area contributed by atoms with Gasteiger partial charge in [-0.2, -0.15) is 5.10 Å². The highest BCUT2D eigenvalue weighted by Gasteiger charge is 2.21. The number of H-pyrrole nitrogens is 1. The maximum atomic E-state index is 12.2. The van der Waals surface area contributed by atoms with Crippen LogP contribution in [0.3, 0.4) is 0 Å². The summed E-state index contributed by atoms with van der Waals surface area (Å²) < 4.78 is 5.86. The van der Waals surface area contributed by atoms with Crippen LogP contribution in [0.2, 0.25) is 0 Å². The summed E-state index contributed by atoms with van der Waals surface area (Å²) in [5, 5.41) is 13.4. The van der Waals surface area contributed by atoms with Crippen LogP contribution in [-0.4, -0.2) is 41.9 Å². The molecule has 0 radical (unpaired) electrons. The highest BCUT2D eigenvalue weighted by atomic mass is 35.5. The number of carbonyl (C=O) groups excluding carboxylic acids is 1. The number of amides is 1. The summed E-state index contributed by atoms with van der Waals surface area (Å²) in [6, 6.07) is 0. The first-order valence-corrected chi connectivity index (χ1v) is 8.51. The first-order valence-electron chi connectivity index (χ1n) is 8.51. The van der Waals surface area contributed by atoms with E-state index in [4.69, 9.17) is 4.74 Å². The predicted molar refractivity (Wildman–Crippen MR) is 91.0 cm³/mol. The van der Waals surface area contributed by atoms with E-state index in [1.165, 1.54) is 32.1 Å². The van der Waals surface area contributed by atoms with Gasteiger partial charge in [-0.15, -0.1) is 12.4 Å². The Morgan fingerprint density at radius 1 is 1.30 bits per heavy atom. The molecule has 1 aromatic rings. The molecule has 1 saturated carbocycles. The average molecular weight is 343 g/mol. The topological polar surface area (TPSA) is 79.0 Å². The minimum Gasteiger partial charge on any atom is -0.378 e. The second-order valence-corrected chi connectivity index (χ2v) is 6.20. The lowest BCUT2D eigenvalue weighted by Gasteiger charge is -2.21. The van der Waals surface area contributed by atoms with Gasteiger partial charge in [-0.1, -0.05) is 19.3 Å². The highest BCUT2D eigenvalue weighted by molar-refractivity contribution is 5.94. The lowest BCUT2D eigenvalue weighted by Crippen LogP contribution is -2.29. The molecular formula is C16H27ClN4O2. The third-order valence-corrected chi connectivity index (χ3v) is 4.53. The van der Waals surface area contributed by atoms with Gasteiger partial charge in [0.15, 0.2) is 5.69 Å². The molecule has 3 rings (SSSR count). The van der Waals surface area contributed by atoms with Gasteiger partial charge in [-0.3, -0.25) is 9.89 Å². The molecule has 0 saturated heterocycles. The van der Waals surface area contributed by atoms with Crippen molar-refractivity contribution in [1.29, 1.82) is 0 Å². The van der Waals surface area contributed by atoms with E-state index in [0.29, 0.717) is 18.3 Å². The van der Waals surface area contributed by atoms with Gasteiger partial charge >= 0.3 is 0 Å². The smallest absolute Gasteiger partial charge is 0.272 e. The van der Waals surface area contributed by atoms with Crippen molar-refractivity contribution >= 4 is 18.3 Å². The van der Waals surface area contributed by atoms with Crippen LogP contribution in [0.5, 0.6) is 0 Å². The number of ether oxygens (including phenoxy) is 1. The summed E-state index contributed by atoms with van der Waals surface area (Å²) in [5.41, 5.74) is 2.64. The largest absolute Gasteiger partial charge is 0.378 e. The third kappa shape index (κ3) is 4.93. The number of halogens is 1. The zero-order valence-corrected chi connectivity index (χ0v) is 14.3.